The molecule has 2 N–H and O–H groups in total. The zero-order valence-electron chi connectivity index (χ0n) is 16.4. The van der Waals surface area contributed by atoms with Gasteiger partial charge >= 0.3 is 0 Å². The van der Waals surface area contributed by atoms with Crippen molar-refractivity contribution in [3.63, 3.8) is 0 Å². The van der Waals surface area contributed by atoms with E-state index in [-0.39, 0.29) is 23.1 Å². The Balaban J connectivity index is 1.99. The third-order valence-corrected chi connectivity index (χ3v) is 4.94. The molecule has 2 aromatic rings. The molecule has 2 rings (SSSR count). The molecule has 7 nitrogen and oxygen atoms in total. The fourth-order valence-electron chi connectivity index (χ4n) is 2.69. The summed E-state index contributed by atoms with van der Waals surface area (Å²) < 4.78 is 0. The number of aromatic amines is 1. The second-order valence-corrected chi connectivity index (χ2v) is 7.15. The SMILES string of the molecule is CCCc1cc(=O)[nH]c(SCC(=O)Nc2cccc(C(=O)N(CC)CC)c2)n1. The topological polar surface area (TPSA) is 95.2 Å². The number of nitrogens with zero attached hydrogens (tertiary/aromatic N) is 2. The van der Waals surface area contributed by atoms with Gasteiger partial charge in [0.05, 0.1) is 5.75 Å². The van der Waals surface area contributed by atoms with Crippen LogP contribution < -0.4 is 10.9 Å². The number of anilines is 1. The Kier molecular flexibility index (Phi) is 8.25. The molecule has 0 saturated carbocycles. The molecule has 28 heavy (non-hydrogen) atoms. The Bertz CT molecular complexity index is 878. The molecule has 8 heteroatoms. The average Bonchev–Trinajstić information content (AvgIpc) is 2.67. The molecular weight excluding hydrogens is 376 g/mol. The Labute approximate surface area is 168 Å². The highest BCUT2D eigenvalue weighted by Gasteiger charge is 2.13. The lowest BCUT2D eigenvalue weighted by atomic mass is 10.1. The van der Waals surface area contributed by atoms with Crippen molar-refractivity contribution in [2.75, 3.05) is 24.2 Å². The third-order valence-electron chi connectivity index (χ3n) is 4.06. The summed E-state index contributed by atoms with van der Waals surface area (Å²) in [6.07, 6.45) is 1.61. The summed E-state index contributed by atoms with van der Waals surface area (Å²) in [4.78, 5) is 45.1. The summed E-state index contributed by atoms with van der Waals surface area (Å²) in [6.45, 7) is 7.13. The highest BCUT2D eigenvalue weighted by atomic mass is 32.2. The molecule has 0 radical (unpaired) electrons. The predicted molar refractivity (Wildman–Crippen MR) is 112 cm³/mol. The first-order valence-electron chi connectivity index (χ1n) is 9.39. The van der Waals surface area contributed by atoms with Gasteiger partial charge in [-0.1, -0.05) is 31.2 Å². The lowest BCUT2D eigenvalue weighted by Gasteiger charge is -2.19. The molecule has 0 aliphatic carbocycles. The third kappa shape index (κ3) is 6.23. The minimum absolute atomic E-state index is 0.0648. The van der Waals surface area contributed by atoms with Gasteiger partial charge in [0.2, 0.25) is 5.91 Å². The summed E-state index contributed by atoms with van der Waals surface area (Å²) in [5.74, 6) is -0.196. The molecule has 0 saturated heterocycles. The van der Waals surface area contributed by atoms with Crippen molar-refractivity contribution < 1.29 is 9.59 Å². The largest absolute Gasteiger partial charge is 0.339 e. The standard InChI is InChI=1S/C20H26N4O3S/c1-4-8-15-12-17(25)23-20(22-15)28-13-18(26)21-16-10-7-9-14(11-16)19(27)24(5-2)6-3/h7,9-12H,4-6,8,13H2,1-3H3,(H,21,26)(H,22,23,25). The van der Waals surface area contributed by atoms with Crippen molar-refractivity contribution in [2.45, 2.75) is 38.8 Å². The van der Waals surface area contributed by atoms with Gasteiger partial charge in [-0.25, -0.2) is 4.98 Å². The molecule has 1 heterocycles. The molecule has 0 atom stereocenters. The second-order valence-electron chi connectivity index (χ2n) is 6.19. The lowest BCUT2D eigenvalue weighted by molar-refractivity contribution is -0.113. The first kappa shape index (κ1) is 21.7. The summed E-state index contributed by atoms with van der Waals surface area (Å²) in [5.41, 5.74) is 1.60. The molecule has 2 amide bonds. The van der Waals surface area contributed by atoms with Crippen LogP contribution in [0, 0.1) is 0 Å². The maximum absolute atomic E-state index is 12.4. The molecule has 0 bridgehead atoms. The molecule has 0 fully saturated rings. The highest BCUT2D eigenvalue weighted by Crippen LogP contribution is 2.16. The normalized spacial score (nSPS) is 10.5. The lowest BCUT2D eigenvalue weighted by Crippen LogP contribution is -2.30. The van der Waals surface area contributed by atoms with Crippen molar-refractivity contribution >= 4 is 29.3 Å². The Hall–Kier alpha value is -2.61. The van der Waals surface area contributed by atoms with E-state index in [2.05, 4.69) is 15.3 Å². The second kappa shape index (κ2) is 10.7. The van der Waals surface area contributed by atoms with E-state index in [1.807, 2.05) is 20.8 Å². The van der Waals surface area contributed by atoms with Gasteiger partial charge in [-0.15, -0.1) is 0 Å². The van der Waals surface area contributed by atoms with E-state index < -0.39 is 0 Å². The molecule has 1 aromatic heterocycles. The Morgan fingerprint density at radius 1 is 1.18 bits per heavy atom. The van der Waals surface area contributed by atoms with Crippen molar-refractivity contribution in [3.05, 3.63) is 51.9 Å². The van der Waals surface area contributed by atoms with Gasteiger partial charge in [0.15, 0.2) is 5.16 Å². The number of carbonyl (C=O) groups is 2. The zero-order valence-corrected chi connectivity index (χ0v) is 17.3. The Morgan fingerprint density at radius 3 is 2.61 bits per heavy atom. The molecule has 0 spiro atoms. The smallest absolute Gasteiger partial charge is 0.253 e. The summed E-state index contributed by atoms with van der Waals surface area (Å²) in [7, 11) is 0. The molecular formula is C20H26N4O3S. The van der Waals surface area contributed by atoms with Gasteiger partial charge < -0.3 is 15.2 Å². The van der Waals surface area contributed by atoms with Crippen LogP contribution in [0.15, 0.2) is 40.3 Å². The minimum atomic E-state index is -0.235. The maximum atomic E-state index is 12.4. The monoisotopic (exact) mass is 402 g/mol. The van der Waals surface area contributed by atoms with E-state index >= 15 is 0 Å². The van der Waals surface area contributed by atoms with Crippen LogP contribution in [0.5, 0.6) is 0 Å². The molecule has 0 aliphatic heterocycles. The van der Waals surface area contributed by atoms with E-state index in [0.29, 0.717) is 29.5 Å². The van der Waals surface area contributed by atoms with E-state index in [9.17, 15) is 14.4 Å². The number of hydrogen-bond acceptors (Lipinski definition) is 5. The zero-order chi connectivity index (χ0) is 20.5. The van der Waals surface area contributed by atoms with Crippen LogP contribution in [0.1, 0.15) is 43.2 Å². The van der Waals surface area contributed by atoms with Crippen LogP contribution >= 0.6 is 11.8 Å². The molecule has 0 aliphatic rings. The number of thioether (sulfide) groups is 1. The quantitative estimate of drug-likeness (QED) is 0.497. The summed E-state index contributed by atoms with van der Waals surface area (Å²) in [5, 5.41) is 3.21. The van der Waals surface area contributed by atoms with Gasteiger partial charge in [0.25, 0.3) is 11.5 Å². The van der Waals surface area contributed by atoms with Gasteiger partial charge in [-0.2, -0.15) is 0 Å². The predicted octanol–water partition coefficient (Wildman–Crippen LogP) is 2.94. The van der Waals surface area contributed by atoms with Gasteiger partial charge in [0, 0.05) is 36.1 Å². The number of H-pyrrole nitrogens is 1. The Morgan fingerprint density at radius 2 is 1.93 bits per heavy atom. The van der Waals surface area contributed by atoms with Crippen molar-refractivity contribution in [3.8, 4) is 0 Å². The van der Waals surface area contributed by atoms with Crippen LogP contribution in [-0.2, 0) is 11.2 Å². The van der Waals surface area contributed by atoms with Crippen molar-refractivity contribution in [2.24, 2.45) is 0 Å². The minimum Gasteiger partial charge on any atom is -0.339 e. The van der Waals surface area contributed by atoms with Crippen molar-refractivity contribution in [1.82, 2.24) is 14.9 Å². The summed E-state index contributed by atoms with van der Waals surface area (Å²) >= 11 is 1.17. The number of carbonyl (C=O) groups excluding carboxylic acids is 2. The van der Waals surface area contributed by atoms with Gasteiger partial charge in [-0.3, -0.25) is 14.4 Å². The molecule has 1 aromatic carbocycles. The molecule has 150 valence electrons. The number of amides is 2. The van der Waals surface area contributed by atoms with Gasteiger partial charge in [-0.05, 0) is 38.5 Å². The number of rotatable bonds is 9. The first-order valence-corrected chi connectivity index (χ1v) is 10.4. The fraction of sp³-hybridized carbons (Fsp3) is 0.400. The van der Waals surface area contributed by atoms with Crippen LogP contribution in [0.25, 0.3) is 0 Å². The molecule has 0 unspecified atom stereocenters. The first-order chi connectivity index (χ1) is 13.5. The average molecular weight is 403 g/mol. The number of nitrogens with one attached hydrogen (secondary N) is 2. The van der Waals surface area contributed by atoms with E-state index in [4.69, 9.17) is 0 Å². The van der Waals surface area contributed by atoms with Crippen LogP contribution in [0.2, 0.25) is 0 Å². The van der Waals surface area contributed by atoms with E-state index in [0.717, 1.165) is 18.5 Å². The number of aryl methyl sites for hydroxylation is 1. The highest BCUT2D eigenvalue weighted by molar-refractivity contribution is 7.99. The number of aromatic nitrogens is 2. The maximum Gasteiger partial charge on any atom is 0.253 e. The summed E-state index contributed by atoms with van der Waals surface area (Å²) in [6, 6.07) is 8.37. The van der Waals surface area contributed by atoms with Crippen LogP contribution in [0.4, 0.5) is 5.69 Å². The number of hydrogen-bond donors (Lipinski definition) is 2. The van der Waals surface area contributed by atoms with E-state index in [1.165, 1.54) is 17.8 Å². The van der Waals surface area contributed by atoms with Crippen LogP contribution in [0.3, 0.4) is 0 Å². The van der Waals surface area contributed by atoms with Crippen molar-refractivity contribution in [1.29, 1.82) is 0 Å². The van der Waals surface area contributed by atoms with Crippen LogP contribution in [-0.4, -0.2) is 45.5 Å². The van der Waals surface area contributed by atoms with E-state index in [1.54, 1.807) is 29.2 Å². The van der Waals surface area contributed by atoms with Gasteiger partial charge in [0.1, 0.15) is 0 Å². The number of benzene rings is 1. The fourth-order valence-corrected chi connectivity index (χ4v) is 3.38.